The number of likely N-dealkylation sites (N-methyl/N-ethyl adjacent to an activating group) is 1. The molecule has 0 saturated carbocycles. The van der Waals surface area contributed by atoms with Crippen molar-refractivity contribution in [3.63, 3.8) is 0 Å². The predicted molar refractivity (Wildman–Crippen MR) is 90.9 cm³/mol. The Kier molecular flexibility index (Phi) is 4.32. The Morgan fingerprint density at radius 2 is 1.90 bits per heavy atom. The molecular formula is C18H20N2S. The van der Waals surface area contributed by atoms with E-state index in [4.69, 9.17) is 0 Å². The molecule has 0 spiro atoms. The largest absolute Gasteiger partial charge is 0.313 e. The van der Waals surface area contributed by atoms with Crippen LogP contribution in [0.15, 0.2) is 48.7 Å². The molecule has 0 aliphatic carbocycles. The minimum Gasteiger partial charge on any atom is -0.313 e. The number of thiophene rings is 1. The van der Waals surface area contributed by atoms with Crippen LogP contribution >= 0.6 is 11.3 Å². The van der Waals surface area contributed by atoms with Gasteiger partial charge in [0.2, 0.25) is 0 Å². The number of nitrogens with zero attached hydrogens (tertiary/aromatic N) is 1. The number of para-hydroxylation sites is 1. The SMILES string of the molecule is CCc1ccc(CC(NC)c2ccnc3ccccc23)s1. The van der Waals surface area contributed by atoms with E-state index in [0.717, 1.165) is 18.4 Å². The molecule has 0 aliphatic rings. The van der Waals surface area contributed by atoms with Gasteiger partial charge in [0.1, 0.15) is 0 Å². The van der Waals surface area contributed by atoms with Gasteiger partial charge in [0.05, 0.1) is 5.52 Å². The van der Waals surface area contributed by atoms with Crippen LogP contribution in [0.25, 0.3) is 10.9 Å². The summed E-state index contributed by atoms with van der Waals surface area (Å²) in [5.74, 6) is 0. The van der Waals surface area contributed by atoms with Gasteiger partial charge in [-0.25, -0.2) is 0 Å². The van der Waals surface area contributed by atoms with Gasteiger partial charge in [0.25, 0.3) is 0 Å². The molecule has 0 amide bonds. The molecule has 0 aliphatic heterocycles. The van der Waals surface area contributed by atoms with Crippen molar-refractivity contribution in [2.45, 2.75) is 25.8 Å². The lowest BCUT2D eigenvalue weighted by Crippen LogP contribution is -2.18. The molecule has 3 rings (SSSR count). The lowest BCUT2D eigenvalue weighted by atomic mass is 9.99. The summed E-state index contributed by atoms with van der Waals surface area (Å²) >= 11 is 1.92. The number of nitrogens with one attached hydrogen (secondary N) is 1. The van der Waals surface area contributed by atoms with Crippen molar-refractivity contribution in [3.05, 3.63) is 64.0 Å². The van der Waals surface area contributed by atoms with Crippen LogP contribution < -0.4 is 5.32 Å². The first-order chi connectivity index (χ1) is 10.3. The summed E-state index contributed by atoms with van der Waals surface area (Å²) < 4.78 is 0. The zero-order valence-electron chi connectivity index (χ0n) is 12.5. The number of hydrogen-bond donors (Lipinski definition) is 1. The van der Waals surface area contributed by atoms with Crippen LogP contribution in [-0.4, -0.2) is 12.0 Å². The summed E-state index contributed by atoms with van der Waals surface area (Å²) in [6.07, 6.45) is 4.05. The first kappa shape index (κ1) is 14.2. The Hall–Kier alpha value is -1.71. The van der Waals surface area contributed by atoms with E-state index >= 15 is 0 Å². The fourth-order valence-corrected chi connectivity index (χ4v) is 3.72. The van der Waals surface area contributed by atoms with Gasteiger partial charge in [-0.15, -0.1) is 11.3 Å². The van der Waals surface area contributed by atoms with Crippen molar-refractivity contribution in [1.29, 1.82) is 0 Å². The standard InChI is InChI=1S/C18H20N2S/c1-3-13-8-9-14(21-13)12-18(19-2)16-10-11-20-17-7-5-4-6-15(16)17/h4-11,18-19H,3,12H2,1-2H3. The van der Waals surface area contributed by atoms with Crippen LogP contribution in [0.1, 0.15) is 28.3 Å². The predicted octanol–water partition coefficient (Wildman–Crippen LogP) is 4.36. The van der Waals surface area contributed by atoms with Gasteiger partial charge in [-0.1, -0.05) is 25.1 Å². The summed E-state index contributed by atoms with van der Waals surface area (Å²) in [6.45, 7) is 2.21. The fourth-order valence-electron chi connectivity index (χ4n) is 2.71. The third-order valence-electron chi connectivity index (χ3n) is 3.88. The molecule has 21 heavy (non-hydrogen) atoms. The monoisotopic (exact) mass is 296 g/mol. The third-order valence-corrected chi connectivity index (χ3v) is 5.13. The van der Waals surface area contributed by atoms with Gasteiger partial charge in [-0.3, -0.25) is 4.98 Å². The smallest absolute Gasteiger partial charge is 0.0705 e. The van der Waals surface area contributed by atoms with E-state index in [1.165, 1.54) is 20.7 Å². The molecule has 2 nitrogen and oxygen atoms in total. The second-order valence-electron chi connectivity index (χ2n) is 5.18. The highest BCUT2D eigenvalue weighted by Crippen LogP contribution is 2.28. The van der Waals surface area contributed by atoms with Crippen LogP contribution in [0.4, 0.5) is 0 Å². The molecule has 1 atom stereocenters. The molecule has 1 unspecified atom stereocenters. The van der Waals surface area contributed by atoms with E-state index in [1.54, 1.807) is 0 Å². The molecule has 0 radical (unpaired) electrons. The lowest BCUT2D eigenvalue weighted by Gasteiger charge is -2.17. The maximum atomic E-state index is 4.46. The average molecular weight is 296 g/mol. The Labute approximate surface area is 129 Å². The number of rotatable bonds is 5. The Bertz CT molecular complexity index is 727. The fraction of sp³-hybridized carbons (Fsp3) is 0.278. The minimum absolute atomic E-state index is 0.321. The highest BCUT2D eigenvalue weighted by molar-refractivity contribution is 7.11. The minimum atomic E-state index is 0.321. The number of hydrogen-bond acceptors (Lipinski definition) is 3. The summed E-state index contributed by atoms with van der Waals surface area (Å²) in [4.78, 5) is 7.35. The molecular weight excluding hydrogens is 276 g/mol. The van der Waals surface area contributed by atoms with Crippen molar-refractivity contribution in [3.8, 4) is 0 Å². The van der Waals surface area contributed by atoms with Gasteiger partial charge >= 0.3 is 0 Å². The van der Waals surface area contributed by atoms with Crippen LogP contribution in [0.5, 0.6) is 0 Å². The topological polar surface area (TPSA) is 24.9 Å². The highest BCUT2D eigenvalue weighted by atomic mass is 32.1. The molecule has 108 valence electrons. The van der Waals surface area contributed by atoms with Crippen molar-refractivity contribution in [2.24, 2.45) is 0 Å². The summed E-state index contributed by atoms with van der Waals surface area (Å²) in [5, 5.41) is 4.71. The Balaban J connectivity index is 1.94. The van der Waals surface area contributed by atoms with Gasteiger partial charge in [0.15, 0.2) is 0 Å². The van der Waals surface area contributed by atoms with Gasteiger partial charge in [-0.05, 0) is 43.3 Å². The molecule has 0 bridgehead atoms. The van der Waals surface area contributed by atoms with Gasteiger partial charge in [0, 0.05) is 33.8 Å². The van der Waals surface area contributed by atoms with E-state index in [2.05, 4.69) is 53.6 Å². The Morgan fingerprint density at radius 1 is 1.10 bits per heavy atom. The van der Waals surface area contributed by atoms with Crippen molar-refractivity contribution in [2.75, 3.05) is 7.05 Å². The van der Waals surface area contributed by atoms with Crippen LogP contribution in [0.2, 0.25) is 0 Å². The molecule has 0 fully saturated rings. The Morgan fingerprint density at radius 3 is 2.67 bits per heavy atom. The third kappa shape index (κ3) is 2.99. The van der Waals surface area contributed by atoms with E-state index < -0.39 is 0 Å². The maximum Gasteiger partial charge on any atom is 0.0705 e. The number of pyridine rings is 1. The van der Waals surface area contributed by atoms with E-state index in [-0.39, 0.29) is 0 Å². The molecule has 1 N–H and O–H groups in total. The van der Waals surface area contributed by atoms with Crippen LogP contribution in [0.3, 0.4) is 0 Å². The number of fused-ring (bicyclic) bond motifs is 1. The second-order valence-corrected chi connectivity index (χ2v) is 6.44. The number of aromatic nitrogens is 1. The molecule has 2 heterocycles. The van der Waals surface area contributed by atoms with E-state index in [9.17, 15) is 0 Å². The van der Waals surface area contributed by atoms with Gasteiger partial charge < -0.3 is 5.32 Å². The second kappa shape index (κ2) is 6.37. The average Bonchev–Trinajstić information content (AvgIpc) is 3.00. The molecule has 3 aromatic rings. The number of benzene rings is 1. The van der Waals surface area contributed by atoms with Crippen molar-refractivity contribution in [1.82, 2.24) is 10.3 Å². The molecule has 0 saturated heterocycles. The zero-order chi connectivity index (χ0) is 14.7. The van der Waals surface area contributed by atoms with Crippen LogP contribution in [-0.2, 0) is 12.8 Å². The first-order valence-electron chi connectivity index (χ1n) is 7.40. The van der Waals surface area contributed by atoms with E-state index in [1.807, 2.05) is 30.6 Å². The molecule has 1 aromatic carbocycles. The summed E-state index contributed by atoms with van der Waals surface area (Å²) in [5.41, 5.74) is 2.39. The maximum absolute atomic E-state index is 4.46. The quantitative estimate of drug-likeness (QED) is 0.756. The first-order valence-corrected chi connectivity index (χ1v) is 8.22. The zero-order valence-corrected chi connectivity index (χ0v) is 13.3. The summed E-state index contributed by atoms with van der Waals surface area (Å²) in [6, 6.07) is 15.3. The number of aryl methyl sites for hydroxylation is 1. The van der Waals surface area contributed by atoms with Crippen molar-refractivity contribution >= 4 is 22.2 Å². The normalized spacial score (nSPS) is 12.7. The highest BCUT2D eigenvalue weighted by Gasteiger charge is 2.14. The van der Waals surface area contributed by atoms with E-state index in [0.29, 0.717) is 6.04 Å². The lowest BCUT2D eigenvalue weighted by molar-refractivity contribution is 0.600. The van der Waals surface area contributed by atoms with Crippen molar-refractivity contribution < 1.29 is 0 Å². The summed E-state index contributed by atoms with van der Waals surface area (Å²) in [7, 11) is 2.04. The van der Waals surface area contributed by atoms with Gasteiger partial charge in [-0.2, -0.15) is 0 Å². The molecule has 2 aromatic heterocycles. The molecule has 3 heteroatoms. The van der Waals surface area contributed by atoms with Crippen LogP contribution in [0, 0.1) is 0 Å².